The van der Waals surface area contributed by atoms with Crippen molar-refractivity contribution < 1.29 is 4.79 Å². The summed E-state index contributed by atoms with van der Waals surface area (Å²) in [7, 11) is 0. The van der Waals surface area contributed by atoms with Gasteiger partial charge in [0.1, 0.15) is 0 Å². The fourth-order valence-corrected chi connectivity index (χ4v) is 3.93. The topological polar surface area (TPSA) is 23.6 Å². The molecule has 3 nitrogen and oxygen atoms in total. The highest BCUT2D eigenvalue weighted by atomic mass is 35.5. The van der Waals surface area contributed by atoms with Crippen LogP contribution in [0.3, 0.4) is 0 Å². The summed E-state index contributed by atoms with van der Waals surface area (Å²) < 4.78 is 0. The Bertz CT molecular complexity index is 787. The molecule has 156 valence electrons. The van der Waals surface area contributed by atoms with Crippen LogP contribution in [0, 0.1) is 0 Å². The number of rotatable bonds is 6. The van der Waals surface area contributed by atoms with Crippen LogP contribution >= 0.6 is 11.6 Å². The molecule has 1 fully saturated rings. The van der Waals surface area contributed by atoms with E-state index in [4.69, 9.17) is 11.6 Å². The lowest BCUT2D eigenvalue weighted by Crippen LogP contribution is -2.40. The molecule has 1 saturated heterocycles. The summed E-state index contributed by atoms with van der Waals surface area (Å²) in [4.78, 5) is 17.7. The molecule has 0 aliphatic carbocycles. The zero-order valence-electron chi connectivity index (χ0n) is 18.0. The van der Waals surface area contributed by atoms with Crippen molar-refractivity contribution in [2.24, 2.45) is 0 Å². The van der Waals surface area contributed by atoms with Crippen molar-refractivity contribution in [3.8, 4) is 0 Å². The molecule has 2 aromatic rings. The van der Waals surface area contributed by atoms with Gasteiger partial charge in [-0.25, -0.2) is 0 Å². The van der Waals surface area contributed by atoms with Gasteiger partial charge in [-0.1, -0.05) is 63.1 Å². The Morgan fingerprint density at radius 2 is 1.59 bits per heavy atom. The van der Waals surface area contributed by atoms with Gasteiger partial charge in [-0.3, -0.25) is 4.79 Å². The highest BCUT2D eigenvalue weighted by Crippen LogP contribution is 2.23. The van der Waals surface area contributed by atoms with E-state index in [0.717, 1.165) is 26.2 Å². The minimum Gasteiger partial charge on any atom is -0.333 e. The first kappa shape index (κ1) is 21.9. The fraction of sp³-hybridized carbons (Fsp3) is 0.480. The lowest BCUT2D eigenvalue weighted by molar-refractivity contribution is 0.0715. The van der Waals surface area contributed by atoms with Crippen LogP contribution in [0.25, 0.3) is 0 Å². The molecule has 0 unspecified atom stereocenters. The van der Waals surface area contributed by atoms with Crippen LogP contribution in [-0.2, 0) is 12.0 Å². The van der Waals surface area contributed by atoms with E-state index >= 15 is 0 Å². The molecule has 2 aromatic carbocycles. The maximum atomic E-state index is 13.2. The van der Waals surface area contributed by atoms with Gasteiger partial charge in [-0.2, -0.15) is 0 Å². The SMILES string of the molecule is CC(C)(C)c1ccc(CN(CCN2CCCCC2)C(=O)c2ccc(Cl)cc2)cc1. The van der Waals surface area contributed by atoms with E-state index < -0.39 is 0 Å². The lowest BCUT2D eigenvalue weighted by Gasteiger charge is -2.30. The van der Waals surface area contributed by atoms with Crippen LogP contribution < -0.4 is 0 Å². The first-order chi connectivity index (χ1) is 13.8. The smallest absolute Gasteiger partial charge is 0.254 e. The normalized spacial score (nSPS) is 15.3. The number of nitrogens with zero attached hydrogens (tertiary/aromatic N) is 2. The van der Waals surface area contributed by atoms with Gasteiger partial charge in [0, 0.05) is 30.2 Å². The second-order valence-electron chi connectivity index (χ2n) is 9.08. The third kappa shape index (κ3) is 6.32. The Hall–Kier alpha value is -1.84. The Morgan fingerprint density at radius 1 is 0.966 bits per heavy atom. The predicted octanol–water partition coefficient (Wildman–Crippen LogP) is 5.77. The van der Waals surface area contributed by atoms with Gasteiger partial charge in [-0.15, -0.1) is 0 Å². The van der Waals surface area contributed by atoms with Gasteiger partial charge in [-0.05, 0) is 66.7 Å². The van der Waals surface area contributed by atoms with Crippen molar-refractivity contribution in [2.45, 2.75) is 52.0 Å². The highest BCUT2D eigenvalue weighted by molar-refractivity contribution is 6.30. The van der Waals surface area contributed by atoms with Gasteiger partial charge < -0.3 is 9.80 Å². The number of carbonyl (C=O) groups excluding carboxylic acids is 1. The molecule has 0 bridgehead atoms. The Kier molecular flexibility index (Phi) is 7.37. The van der Waals surface area contributed by atoms with E-state index in [0.29, 0.717) is 17.1 Å². The second-order valence-corrected chi connectivity index (χ2v) is 9.52. The second kappa shape index (κ2) is 9.77. The molecule has 3 rings (SSSR count). The molecular formula is C25H33ClN2O. The van der Waals surface area contributed by atoms with E-state index in [1.165, 1.54) is 30.4 Å². The molecule has 1 amide bonds. The van der Waals surface area contributed by atoms with E-state index in [-0.39, 0.29) is 11.3 Å². The monoisotopic (exact) mass is 412 g/mol. The van der Waals surface area contributed by atoms with E-state index in [2.05, 4.69) is 49.9 Å². The van der Waals surface area contributed by atoms with Crippen molar-refractivity contribution in [1.29, 1.82) is 0 Å². The Labute approximate surface area is 180 Å². The molecule has 1 aliphatic heterocycles. The fourth-order valence-electron chi connectivity index (χ4n) is 3.80. The highest BCUT2D eigenvalue weighted by Gasteiger charge is 2.19. The van der Waals surface area contributed by atoms with E-state index in [1.807, 2.05) is 17.0 Å². The van der Waals surface area contributed by atoms with Gasteiger partial charge in [0.05, 0.1) is 0 Å². The Balaban J connectivity index is 1.74. The number of piperidine rings is 1. The van der Waals surface area contributed by atoms with Crippen molar-refractivity contribution >= 4 is 17.5 Å². The Morgan fingerprint density at radius 3 is 2.17 bits per heavy atom. The van der Waals surface area contributed by atoms with E-state index in [9.17, 15) is 4.79 Å². The third-order valence-corrected chi connectivity index (χ3v) is 5.96. The van der Waals surface area contributed by atoms with E-state index in [1.54, 1.807) is 12.1 Å². The molecular weight excluding hydrogens is 380 g/mol. The van der Waals surface area contributed by atoms with Crippen molar-refractivity contribution in [3.05, 3.63) is 70.2 Å². The number of likely N-dealkylation sites (tertiary alicyclic amines) is 1. The standard InChI is InChI=1S/C25H33ClN2O/c1-25(2,3)22-11-7-20(8-12-22)19-28(18-17-27-15-5-4-6-16-27)24(29)21-9-13-23(26)14-10-21/h7-14H,4-6,15-19H2,1-3H3. The number of amides is 1. The molecule has 1 aliphatic rings. The molecule has 29 heavy (non-hydrogen) atoms. The van der Waals surface area contributed by atoms with Crippen LogP contribution in [0.4, 0.5) is 0 Å². The van der Waals surface area contributed by atoms with Crippen LogP contribution in [0.5, 0.6) is 0 Å². The summed E-state index contributed by atoms with van der Waals surface area (Å²) in [5.41, 5.74) is 3.30. The maximum Gasteiger partial charge on any atom is 0.254 e. The number of hydrogen-bond acceptors (Lipinski definition) is 2. The minimum absolute atomic E-state index is 0.0681. The molecule has 4 heteroatoms. The summed E-state index contributed by atoms with van der Waals surface area (Å²) >= 11 is 6.01. The molecule has 0 atom stereocenters. The predicted molar refractivity (Wildman–Crippen MR) is 122 cm³/mol. The average Bonchev–Trinajstić information content (AvgIpc) is 2.71. The quantitative estimate of drug-likeness (QED) is 0.601. The molecule has 0 radical (unpaired) electrons. The maximum absolute atomic E-state index is 13.2. The minimum atomic E-state index is 0.0681. The van der Waals surface area contributed by atoms with Gasteiger partial charge in [0.25, 0.3) is 5.91 Å². The molecule has 1 heterocycles. The van der Waals surface area contributed by atoms with Crippen molar-refractivity contribution in [2.75, 3.05) is 26.2 Å². The molecule has 0 aromatic heterocycles. The van der Waals surface area contributed by atoms with Gasteiger partial charge in [0.15, 0.2) is 0 Å². The summed E-state index contributed by atoms with van der Waals surface area (Å²) in [6.07, 6.45) is 3.85. The lowest BCUT2D eigenvalue weighted by atomic mass is 9.87. The number of halogens is 1. The first-order valence-corrected chi connectivity index (χ1v) is 11.1. The summed E-state index contributed by atoms with van der Waals surface area (Å²) in [5, 5.41) is 0.652. The summed E-state index contributed by atoms with van der Waals surface area (Å²) in [5.74, 6) is 0.0681. The van der Waals surface area contributed by atoms with Gasteiger partial charge >= 0.3 is 0 Å². The van der Waals surface area contributed by atoms with Crippen LogP contribution in [0.2, 0.25) is 5.02 Å². The van der Waals surface area contributed by atoms with Crippen LogP contribution in [-0.4, -0.2) is 41.9 Å². The van der Waals surface area contributed by atoms with Crippen molar-refractivity contribution in [3.63, 3.8) is 0 Å². The molecule has 0 spiro atoms. The van der Waals surface area contributed by atoms with Crippen LogP contribution in [0.15, 0.2) is 48.5 Å². The zero-order chi connectivity index (χ0) is 20.9. The van der Waals surface area contributed by atoms with Crippen molar-refractivity contribution in [1.82, 2.24) is 9.80 Å². The van der Waals surface area contributed by atoms with Gasteiger partial charge in [0.2, 0.25) is 0 Å². The van der Waals surface area contributed by atoms with Crippen LogP contribution in [0.1, 0.15) is 61.5 Å². The number of hydrogen-bond donors (Lipinski definition) is 0. The zero-order valence-corrected chi connectivity index (χ0v) is 18.7. The third-order valence-electron chi connectivity index (χ3n) is 5.71. The molecule has 0 saturated carbocycles. The number of benzene rings is 2. The summed E-state index contributed by atoms with van der Waals surface area (Å²) in [6.45, 7) is 11.2. The summed E-state index contributed by atoms with van der Waals surface area (Å²) in [6, 6.07) is 15.9. The largest absolute Gasteiger partial charge is 0.333 e. The molecule has 0 N–H and O–H groups in total. The first-order valence-electron chi connectivity index (χ1n) is 10.7. The average molecular weight is 413 g/mol. The number of carbonyl (C=O) groups is 1.